The van der Waals surface area contributed by atoms with Crippen LogP contribution in [-0.2, 0) is 0 Å². The van der Waals surface area contributed by atoms with Crippen molar-refractivity contribution in [3.05, 3.63) is 28.0 Å². The molecule has 0 heterocycles. The molecule has 0 unspecified atom stereocenters. The van der Waals surface area contributed by atoms with Gasteiger partial charge in [-0.05, 0) is 6.07 Å². The van der Waals surface area contributed by atoms with Crippen molar-refractivity contribution in [1.82, 2.24) is 0 Å². The SMILES string of the molecule is Fc1cc(Cl)cc(OC(F)F)c1Cl. The molecule has 6 heteroatoms. The van der Waals surface area contributed by atoms with E-state index in [0.717, 1.165) is 12.1 Å². The van der Waals surface area contributed by atoms with E-state index in [1.807, 2.05) is 0 Å². The molecule has 1 aromatic carbocycles. The van der Waals surface area contributed by atoms with E-state index in [1.54, 1.807) is 0 Å². The molecule has 0 aromatic heterocycles. The Morgan fingerprint density at radius 1 is 1.23 bits per heavy atom. The lowest BCUT2D eigenvalue weighted by Gasteiger charge is -2.06. The van der Waals surface area contributed by atoms with Crippen molar-refractivity contribution in [3.63, 3.8) is 0 Å². The molecule has 0 amide bonds. The van der Waals surface area contributed by atoms with Gasteiger partial charge in [0.25, 0.3) is 0 Å². The first kappa shape index (κ1) is 10.5. The molecule has 0 aliphatic rings. The molecule has 1 aromatic rings. The molecule has 13 heavy (non-hydrogen) atoms. The third-order valence-electron chi connectivity index (χ3n) is 1.18. The molecule has 0 saturated heterocycles. The van der Waals surface area contributed by atoms with Crippen molar-refractivity contribution in [2.45, 2.75) is 6.61 Å². The second-order valence-electron chi connectivity index (χ2n) is 2.08. The largest absolute Gasteiger partial charge is 0.433 e. The number of benzene rings is 1. The van der Waals surface area contributed by atoms with Crippen molar-refractivity contribution in [2.75, 3.05) is 0 Å². The minimum absolute atomic E-state index is 0.0578. The van der Waals surface area contributed by atoms with E-state index in [4.69, 9.17) is 23.2 Å². The predicted molar refractivity (Wildman–Crippen MR) is 43.1 cm³/mol. The van der Waals surface area contributed by atoms with Crippen molar-refractivity contribution in [1.29, 1.82) is 0 Å². The molecule has 0 radical (unpaired) electrons. The van der Waals surface area contributed by atoms with E-state index >= 15 is 0 Å². The Balaban J connectivity index is 3.05. The maximum atomic E-state index is 12.7. The molecule has 0 saturated carbocycles. The Hall–Kier alpha value is -0.610. The van der Waals surface area contributed by atoms with Crippen LogP contribution in [0.4, 0.5) is 13.2 Å². The van der Waals surface area contributed by atoms with Gasteiger partial charge >= 0.3 is 6.61 Å². The number of hydrogen-bond acceptors (Lipinski definition) is 1. The van der Waals surface area contributed by atoms with E-state index in [9.17, 15) is 13.2 Å². The Kier molecular flexibility index (Phi) is 3.27. The molecular formula is C7H3Cl2F3O. The second-order valence-corrected chi connectivity index (χ2v) is 2.89. The Labute approximate surface area is 82.0 Å². The van der Waals surface area contributed by atoms with Crippen molar-refractivity contribution in [3.8, 4) is 5.75 Å². The maximum absolute atomic E-state index is 12.7. The van der Waals surface area contributed by atoms with Crippen LogP contribution in [0.1, 0.15) is 0 Å². The van der Waals surface area contributed by atoms with Crippen molar-refractivity contribution in [2.24, 2.45) is 0 Å². The summed E-state index contributed by atoms with van der Waals surface area (Å²) in [5, 5.41) is -0.567. The summed E-state index contributed by atoms with van der Waals surface area (Å²) < 4.78 is 40.1. The van der Waals surface area contributed by atoms with Gasteiger partial charge in [-0.25, -0.2) is 4.39 Å². The van der Waals surface area contributed by atoms with Crippen LogP contribution in [0.25, 0.3) is 0 Å². The third-order valence-corrected chi connectivity index (χ3v) is 1.76. The van der Waals surface area contributed by atoms with Crippen LogP contribution < -0.4 is 4.74 Å². The average Bonchev–Trinajstić information content (AvgIpc) is 1.98. The lowest BCUT2D eigenvalue weighted by Crippen LogP contribution is -2.02. The number of ether oxygens (including phenoxy) is 1. The van der Waals surface area contributed by atoms with Crippen LogP contribution in [0.15, 0.2) is 12.1 Å². The molecule has 0 aliphatic heterocycles. The van der Waals surface area contributed by atoms with E-state index < -0.39 is 23.2 Å². The fraction of sp³-hybridized carbons (Fsp3) is 0.143. The zero-order valence-corrected chi connectivity index (χ0v) is 7.54. The number of alkyl halides is 2. The Morgan fingerprint density at radius 2 is 1.85 bits per heavy atom. The van der Waals surface area contributed by atoms with Gasteiger partial charge < -0.3 is 4.74 Å². The van der Waals surface area contributed by atoms with E-state index in [2.05, 4.69) is 4.74 Å². The quantitative estimate of drug-likeness (QED) is 0.704. The molecule has 0 spiro atoms. The highest BCUT2D eigenvalue weighted by molar-refractivity contribution is 6.34. The fourth-order valence-electron chi connectivity index (χ4n) is 0.714. The smallest absolute Gasteiger partial charge is 0.387 e. The fourth-order valence-corrected chi connectivity index (χ4v) is 1.06. The van der Waals surface area contributed by atoms with E-state index in [-0.39, 0.29) is 5.02 Å². The third kappa shape index (κ3) is 2.67. The van der Waals surface area contributed by atoms with Crippen LogP contribution >= 0.6 is 23.2 Å². The van der Waals surface area contributed by atoms with Gasteiger partial charge in [0.1, 0.15) is 16.6 Å². The summed E-state index contributed by atoms with van der Waals surface area (Å²) in [5.74, 6) is -1.37. The minimum atomic E-state index is -3.06. The molecule has 0 atom stereocenters. The maximum Gasteiger partial charge on any atom is 0.387 e. The summed E-state index contributed by atoms with van der Waals surface area (Å²) in [6.07, 6.45) is 0. The lowest BCUT2D eigenvalue weighted by molar-refractivity contribution is -0.0499. The summed E-state index contributed by atoms with van der Waals surface area (Å²) >= 11 is 10.7. The normalized spacial score (nSPS) is 10.6. The van der Waals surface area contributed by atoms with Gasteiger partial charge in [0.15, 0.2) is 0 Å². The van der Waals surface area contributed by atoms with Gasteiger partial charge in [0.05, 0.1) is 0 Å². The van der Waals surface area contributed by atoms with Crippen LogP contribution in [-0.4, -0.2) is 6.61 Å². The summed E-state index contributed by atoms with van der Waals surface area (Å²) in [4.78, 5) is 0. The van der Waals surface area contributed by atoms with Gasteiger partial charge in [-0.3, -0.25) is 0 Å². The highest BCUT2D eigenvalue weighted by Gasteiger charge is 2.13. The highest BCUT2D eigenvalue weighted by Crippen LogP contribution is 2.31. The average molecular weight is 231 g/mol. The molecule has 0 fully saturated rings. The molecule has 0 N–H and O–H groups in total. The molecule has 72 valence electrons. The summed E-state index contributed by atoms with van der Waals surface area (Å²) in [6.45, 7) is -3.06. The van der Waals surface area contributed by atoms with Crippen LogP contribution in [0.3, 0.4) is 0 Å². The standard InChI is InChI=1S/C7H3Cl2F3O/c8-3-1-4(10)6(9)5(2-3)13-7(11)12/h1-2,7H. The second kappa shape index (κ2) is 4.07. The zero-order chi connectivity index (χ0) is 10.0. The van der Waals surface area contributed by atoms with Gasteiger partial charge in [-0.15, -0.1) is 0 Å². The number of halogens is 5. The first-order valence-corrected chi connectivity index (χ1v) is 3.85. The summed E-state index contributed by atoms with van der Waals surface area (Å²) in [7, 11) is 0. The Morgan fingerprint density at radius 3 is 2.38 bits per heavy atom. The van der Waals surface area contributed by atoms with Crippen LogP contribution in [0.5, 0.6) is 5.75 Å². The molecule has 1 rings (SSSR count). The van der Waals surface area contributed by atoms with E-state index in [0.29, 0.717) is 0 Å². The van der Waals surface area contributed by atoms with Crippen molar-refractivity contribution >= 4 is 23.2 Å². The van der Waals surface area contributed by atoms with Gasteiger partial charge in [-0.2, -0.15) is 8.78 Å². The highest BCUT2D eigenvalue weighted by atomic mass is 35.5. The zero-order valence-electron chi connectivity index (χ0n) is 6.03. The first-order chi connectivity index (χ1) is 6.00. The molecule has 1 nitrogen and oxygen atoms in total. The topological polar surface area (TPSA) is 9.23 Å². The molecule has 0 bridgehead atoms. The number of hydrogen-bond donors (Lipinski definition) is 0. The lowest BCUT2D eigenvalue weighted by atomic mass is 10.3. The van der Waals surface area contributed by atoms with Crippen LogP contribution in [0, 0.1) is 5.82 Å². The minimum Gasteiger partial charge on any atom is -0.433 e. The van der Waals surface area contributed by atoms with Crippen molar-refractivity contribution < 1.29 is 17.9 Å². The van der Waals surface area contributed by atoms with Gasteiger partial charge in [0.2, 0.25) is 0 Å². The van der Waals surface area contributed by atoms with Gasteiger partial charge in [0, 0.05) is 11.1 Å². The Bertz CT molecular complexity index is 317. The first-order valence-electron chi connectivity index (χ1n) is 3.10. The van der Waals surface area contributed by atoms with Crippen LogP contribution in [0.2, 0.25) is 10.0 Å². The van der Waals surface area contributed by atoms with Gasteiger partial charge in [-0.1, -0.05) is 23.2 Å². The van der Waals surface area contributed by atoms with E-state index in [1.165, 1.54) is 0 Å². The summed E-state index contributed by atoms with van der Waals surface area (Å²) in [6, 6.07) is 1.92. The monoisotopic (exact) mass is 230 g/mol. The molecule has 0 aliphatic carbocycles. The predicted octanol–water partition coefficient (Wildman–Crippen LogP) is 3.73. The molecular weight excluding hydrogens is 228 g/mol. The number of rotatable bonds is 2. The summed E-state index contributed by atoms with van der Waals surface area (Å²) in [5.41, 5.74) is 0.